The van der Waals surface area contributed by atoms with Crippen LogP contribution in [0.5, 0.6) is 0 Å². The molecule has 1 unspecified atom stereocenters. The third-order valence-electron chi connectivity index (χ3n) is 2.85. The average Bonchev–Trinajstić information content (AvgIpc) is 2.79. The summed E-state index contributed by atoms with van der Waals surface area (Å²) < 4.78 is 0. The molecule has 0 aromatic rings. The predicted octanol–water partition coefficient (Wildman–Crippen LogP) is 0.281. The van der Waals surface area contributed by atoms with Crippen LogP contribution in [0.4, 0.5) is 4.79 Å². The maximum atomic E-state index is 11.1. The second kappa shape index (κ2) is 3.54. The molecule has 3 N–H and O–H groups in total. The Morgan fingerprint density at radius 1 is 1.46 bits per heavy atom. The first-order valence-corrected chi connectivity index (χ1v) is 5.07. The first-order chi connectivity index (χ1) is 6.27. The summed E-state index contributed by atoms with van der Waals surface area (Å²) >= 11 is 0. The number of urea groups is 1. The average molecular weight is 183 g/mol. The minimum Gasteiger partial charge on any atom is -0.351 e. The molecule has 2 amide bonds. The molecule has 13 heavy (non-hydrogen) atoms. The van der Waals surface area contributed by atoms with Gasteiger partial charge in [0.05, 0.1) is 0 Å². The molecule has 1 atom stereocenters. The number of amides is 2. The van der Waals surface area contributed by atoms with Gasteiger partial charge in [0.25, 0.3) is 0 Å². The largest absolute Gasteiger partial charge is 0.351 e. The van der Waals surface area contributed by atoms with Crippen molar-refractivity contribution < 1.29 is 4.79 Å². The summed E-state index contributed by atoms with van der Waals surface area (Å²) in [7, 11) is 0. The highest BCUT2D eigenvalue weighted by molar-refractivity contribution is 5.72. The van der Waals surface area contributed by atoms with Gasteiger partial charge in [0.1, 0.15) is 0 Å². The van der Waals surface area contributed by atoms with Gasteiger partial charge in [0.2, 0.25) is 0 Å². The van der Waals surface area contributed by atoms with E-state index in [0.29, 0.717) is 12.1 Å². The van der Waals surface area contributed by atoms with Crippen molar-refractivity contribution in [3.05, 3.63) is 0 Å². The topological polar surface area (TPSA) is 58.4 Å². The Balaban J connectivity index is 1.84. The van der Waals surface area contributed by atoms with Gasteiger partial charge in [-0.1, -0.05) is 0 Å². The van der Waals surface area contributed by atoms with Crippen LogP contribution in [0.25, 0.3) is 0 Å². The van der Waals surface area contributed by atoms with E-state index in [1.54, 1.807) is 0 Å². The van der Waals surface area contributed by atoms with E-state index in [1.807, 2.05) is 4.90 Å². The molecule has 74 valence electrons. The second-order valence-corrected chi connectivity index (χ2v) is 4.02. The Kier molecular flexibility index (Phi) is 2.40. The van der Waals surface area contributed by atoms with Gasteiger partial charge in [-0.15, -0.1) is 0 Å². The Hall–Kier alpha value is -0.770. The van der Waals surface area contributed by atoms with Crippen molar-refractivity contribution in [2.75, 3.05) is 13.1 Å². The van der Waals surface area contributed by atoms with Crippen LogP contribution in [0.3, 0.4) is 0 Å². The Morgan fingerprint density at radius 2 is 2.23 bits per heavy atom. The SMILES string of the molecule is NC(=O)N(CC1CCCN1)C1CC1. The molecule has 0 spiro atoms. The molecule has 1 saturated carbocycles. The lowest BCUT2D eigenvalue weighted by molar-refractivity contribution is 0.199. The highest BCUT2D eigenvalue weighted by Crippen LogP contribution is 2.27. The first kappa shape index (κ1) is 8.81. The number of rotatable bonds is 3. The van der Waals surface area contributed by atoms with E-state index in [0.717, 1.165) is 25.9 Å². The standard InChI is InChI=1S/C9H17N3O/c10-9(13)12(8-3-4-8)6-7-2-1-5-11-7/h7-8,11H,1-6H2,(H2,10,13). The lowest BCUT2D eigenvalue weighted by Gasteiger charge is -2.23. The van der Waals surface area contributed by atoms with Gasteiger partial charge < -0.3 is 16.0 Å². The molecule has 1 aliphatic carbocycles. The van der Waals surface area contributed by atoms with Crippen LogP contribution >= 0.6 is 0 Å². The smallest absolute Gasteiger partial charge is 0.315 e. The molecule has 0 radical (unpaired) electrons. The van der Waals surface area contributed by atoms with Crippen molar-refractivity contribution in [2.24, 2.45) is 5.73 Å². The van der Waals surface area contributed by atoms with E-state index in [1.165, 1.54) is 12.8 Å². The fourth-order valence-corrected chi connectivity index (χ4v) is 1.96. The van der Waals surface area contributed by atoms with Crippen molar-refractivity contribution in [3.63, 3.8) is 0 Å². The van der Waals surface area contributed by atoms with Crippen LogP contribution in [0.2, 0.25) is 0 Å². The zero-order valence-electron chi connectivity index (χ0n) is 7.83. The molecular weight excluding hydrogens is 166 g/mol. The third kappa shape index (κ3) is 2.12. The third-order valence-corrected chi connectivity index (χ3v) is 2.85. The highest BCUT2D eigenvalue weighted by atomic mass is 16.2. The minimum atomic E-state index is -0.254. The van der Waals surface area contributed by atoms with Gasteiger partial charge in [-0.25, -0.2) is 4.79 Å². The molecule has 4 nitrogen and oxygen atoms in total. The van der Waals surface area contributed by atoms with Crippen LogP contribution in [-0.2, 0) is 0 Å². The lowest BCUT2D eigenvalue weighted by atomic mass is 10.2. The first-order valence-electron chi connectivity index (χ1n) is 5.07. The molecule has 0 aromatic heterocycles. The van der Waals surface area contributed by atoms with Gasteiger partial charge in [-0.3, -0.25) is 0 Å². The predicted molar refractivity (Wildman–Crippen MR) is 50.3 cm³/mol. The van der Waals surface area contributed by atoms with Crippen LogP contribution in [-0.4, -0.2) is 36.1 Å². The molecule has 2 aliphatic rings. The van der Waals surface area contributed by atoms with Crippen molar-refractivity contribution in [3.8, 4) is 0 Å². The summed E-state index contributed by atoms with van der Waals surface area (Å²) in [6.45, 7) is 1.89. The number of primary amides is 1. The number of nitrogens with one attached hydrogen (secondary N) is 1. The lowest BCUT2D eigenvalue weighted by Crippen LogP contribution is -2.44. The number of nitrogens with two attached hydrogens (primary N) is 1. The number of hydrogen-bond acceptors (Lipinski definition) is 2. The quantitative estimate of drug-likeness (QED) is 0.660. The summed E-state index contributed by atoms with van der Waals surface area (Å²) in [5, 5.41) is 3.38. The van der Waals surface area contributed by atoms with Crippen LogP contribution in [0.15, 0.2) is 0 Å². The van der Waals surface area contributed by atoms with E-state index < -0.39 is 0 Å². The Morgan fingerprint density at radius 3 is 2.69 bits per heavy atom. The van der Waals surface area contributed by atoms with Gasteiger partial charge >= 0.3 is 6.03 Å². The number of hydrogen-bond donors (Lipinski definition) is 2. The normalized spacial score (nSPS) is 27.5. The maximum absolute atomic E-state index is 11.1. The minimum absolute atomic E-state index is 0.254. The van der Waals surface area contributed by atoms with Gasteiger partial charge in [-0.05, 0) is 32.2 Å². The number of nitrogens with zero attached hydrogens (tertiary/aromatic N) is 1. The van der Waals surface area contributed by atoms with Crippen molar-refractivity contribution >= 4 is 6.03 Å². The molecule has 1 heterocycles. The second-order valence-electron chi connectivity index (χ2n) is 4.02. The summed E-state index contributed by atoms with van der Waals surface area (Å²) in [4.78, 5) is 12.9. The Bertz CT molecular complexity index is 197. The molecule has 0 bridgehead atoms. The van der Waals surface area contributed by atoms with Crippen molar-refractivity contribution in [2.45, 2.75) is 37.8 Å². The van der Waals surface area contributed by atoms with Gasteiger partial charge in [-0.2, -0.15) is 0 Å². The van der Waals surface area contributed by atoms with Crippen LogP contribution < -0.4 is 11.1 Å². The molecule has 1 aliphatic heterocycles. The van der Waals surface area contributed by atoms with Crippen molar-refractivity contribution in [1.82, 2.24) is 10.2 Å². The van der Waals surface area contributed by atoms with Crippen LogP contribution in [0.1, 0.15) is 25.7 Å². The van der Waals surface area contributed by atoms with Crippen molar-refractivity contribution in [1.29, 1.82) is 0 Å². The van der Waals surface area contributed by atoms with E-state index in [9.17, 15) is 4.79 Å². The fourth-order valence-electron chi connectivity index (χ4n) is 1.96. The van der Waals surface area contributed by atoms with Gasteiger partial charge in [0, 0.05) is 18.6 Å². The fraction of sp³-hybridized carbons (Fsp3) is 0.889. The van der Waals surface area contributed by atoms with E-state index in [2.05, 4.69) is 5.32 Å². The van der Waals surface area contributed by atoms with E-state index in [4.69, 9.17) is 5.73 Å². The number of carbonyl (C=O) groups excluding carboxylic acids is 1. The summed E-state index contributed by atoms with van der Waals surface area (Å²) in [5.41, 5.74) is 5.31. The summed E-state index contributed by atoms with van der Waals surface area (Å²) in [6.07, 6.45) is 4.67. The molecule has 4 heteroatoms. The van der Waals surface area contributed by atoms with E-state index in [-0.39, 0.29) is 6.03 Å². The molecule has 2 fully saturated rings. The Labute approximate surface area is 78.5 Å². The number of carbonyl (C=O) groups is 1. The zero-order valence-corrected chi connectivity index (χ0v) is 7.83. The summed E-state index contributed by atoms with van der Waals surface area (Å²) in [6, 6.07) is 0.671. The monoisotopic (exact) mass is 183 g/mol. The molecule has 1 saturated heterocycles. The molecule has 2 rings (SSSR count). The highest BCUT2D eigenvalue weighted by Gasteiger charge is 2.33. The van der Waals surface area contributed by atoms with Gasteiger partial charge in [0.15, 0.2) is 0 Å². The molecule has 0 aromatic carbocycles. The van der Waals surface area contributed by atoms with E-state index >= 15 is 0 Å². The zero-order chi connectivity index (χ0) is 9.26. The maximum Gasteiger partial charge on any atom is 0.315 e. The van der Waals surface area contributed by atoms with Crippen LogP contribution in [0, 0.1) is 0 Å². The summed E-state index contributed by atoms with van der Waals surface area (Å²) in [5.74, 6) is 0. The molecular formula is C9H17N3O.